The number of nitrogens with zero attached hydrogens (tertiary/aromatic N) is 2. The van der Waals surface area contributed by atoms with Crippen molar-refractivity contribution in [1.82, 2.24) is 15.3 Å². The average molecular weight is 277 g/mol. The van der Waals surface area contributed by atoms with Crippen LogP contribution in [0.4, 0.5) is 11.6 Å². The summed E-state index contributed by atoms with van der Waals surface area (Å²) in [5.74, 6) is 2.37. The molecule has 1 aromatic heterocycles. The number of carbonyl (C=O) groups is 1. The molecule has 110 valence electrons. The molecule has 6 nitrogen and oxygen atoms in total. The lowest BCUT2D eigenvalue weighted by Gasteiger charge is -2.23. The van der Waals surface area contributed by atoms with Gasteiger partial charge in [0.15, 0.2) is 0 Å². The van der Waals surface area contributed by atoms with Gasteiger partial charge in [0.2, 0.25) is 5.91 Å². The molecule has 0 saturated carbocycles. The Hall–Kier alpha value is -1.85. The van der Waals surface area contributed by atoms with Gasteiger partial charge in [-0.3, -0.25) is 4.79 Å². The SMILES string of the molecule is CCCNc1cc(NC2CCCNC2=O)nc(CC)n1. The van der Waals surface area contributed by atoms with E-state index in [-0.39, 0.29) is 11.9 Å². The number of nitrogens with one attached hydrogen (secondary N) is 3. The van der Waals surface area contributed by atoms with Gasteiger partial charge in [0, 0.05) is 25.6 Å². The van der Waals surface area contributed by atoms with Gasteiger partial charge in [0.05, 0.1) is 0 Å². The quantitative estimate of drug-likeness (QED) is 0.735. The van der Waals surface area contributed by atoms with Crippen LogP contribution in [0.15, 0.2) is 6.07 Å². The van der Waals surface area contributed by atoms with Gasteiger partial charge in [0.25, 0.3) is 0 Å². The monoisotopic (exact) mass is 277 g/mol. The maximum Gasteiger partial charge on any atom is 0.242 e. The first-order chi connectivity index (χ1) is 9.72. The van der Waals surface area contributed by atoms with Gasteiger partial charge in [-0.1, -0.05) is 13.8 Å². The van der Waals surface area contributed by atoms with E-state index in [4.69, 9.17) is 0 Å². The van der Waals surface area contributed by atoms with Crippen molar-refractivity contribution in [3.63, 3.8) is 0 Å². The summed E-state index contributed by atoms with van der Waals surface area (Å²) < 4.78 is 0. The zero-order chi connectivity index (χ0) is 14.4. The number of rotatable bonds is 6. The van der Waals surface area contributed by atoms with Crippen molar-refractivity contribution >= 4 is 17.5 Å². The van der Waals surface area contributed by atoms with E-state index in [0.717, 1.165) is 56.2 Å². The molecule has 20 heavy (non-hydrogen) atoms. The first kappa shape index (κ1) is 14.6. The molecule has 1 amide bonds. The Kier molecular flexibility index (Phi) is 5.15. The maximum absolute atomic E-state index is 11.8. The third-order valence-electron chi connectivity index (χ3n) is 3.25. The van der Waals surface area contributed by atoms with Crippen LogP contribution in [0.1, 0.15) is 38.9 Å². The van der Waals surface area contributed by atoms with Crippen molar-refractivity contribution in [3.8, 4) is 0 Å². The van der Waals surface area contributed by atoms with E-state index in [9.17, 15) is 4.79 Å². The fraction of sp³-hybridized carbons (Fsp3) is 0.643. The van der Waals surface area contributed by atoms with Crippen LogP contribution in [0, 0.1) is 0 Å². The molecule has 1 aliphatic heterocycles. The lowest BCUT2D eigenvalue weighted by molar-refractivity contribution is -0.123. The molecular formula is C14H23N5O. The average Bonchev–Trinajstić information content (AvgIpc) is 2.47. The van der Waals surface area contributed by atoms with Crippen LogP contribution in [0.3, 0.4) is 0 Å². The third-order valence-corrected chi connectivity index (χ3v) is 3.25. The zero-order valence-electron chi connectivity index (χ0n) is 12.2. The number of carbonyl (C=O) groups excluding carboxylic acids is 1. The zero-order valence-corrected chi connectivity index (χ0v) is 12.2. The van der Waals surface area contributed by atoms with E-state index in [0.29, 0.717) is 0 Å². The van der Waals surface area contributed by atoms with Crippen molar-refractivity contribution in [3.05, 3.63) is 11.9 Å². The molecule has 1 fully saturated rings. The van der Waals surface area contributed by atoms with Crippen LogP contribution in [-0.4, -0.2) is 35.0 Å². The van der Waals surface area contributed by atoms with Crippen molar-refractivity contribution in [2.45, 2.75) is 45.6 Å². The Morgan fingerprint density at radius 3 is 2.85 bits per heavy atom. The molecular weight excluding hydrogens is 254 g/mol. The molecule has 0 aliphatic carbocycles. The standard InChI is InChI=1S/C14H23N5O/c1-3-7-15-12-9-13(19-11(4-2)18-12)17-10-6-5-8-16-14(10)20/h9-10H,3-8H2,1-2H3,(H,16,20)(H2,15,17,18,19). The number of hydrogen-bond donors (Lipinski definition) is 3. The molecule has 1 saturated heterocycles. The Morgan fingerprint density at radius 1 is 1.35 bits per heavy atom. The Bertz CT molecular complexity index is 463. The van der Waals surface area contributed by atoms with Crippen molar-refractivity contribution in [1.29, 1.82) is 0 Å². The van der Waals surface area contributed by atoms with Gasteiger partial charge >= 0.3 is 0 Å². The lowest BCUT2D eigenvalue weighted by Crippen LogP contribution is -2.44. The molecule has 1 atom stereocenters. The van der Waals surface area contributed by atoms with Gasteiger partial charge < -0.3 is 16.0 Å². The van der Waals surface area contributed by atoms with Gasteiger partial charge in [-0.05, 0) is 19.3 Å². The summed E-state index contributed by atoms with van der Waals surface area (Å²) >= 11 is 0. The summed E-state index contributed by atoms with van der Waals surface area (Å²) in [6.07, 6.45) is 3.65. The third kappa shape index (κ3) is 3.82. The molecule has 1 unspecified atom stereocenters. The minimum Gasteiger partial charge on any atom is -0.370 e. The minimum atomic E-state index is -0.192. The maximum atomic E-state index is 11.8. The van der Waals surface area contributed by atoms with Crippen LogP contribution in [-0.2, 0) is 11.2 Å². The highest BCUT2D eigenvalue weighted by molar-refractivity contribution is 5.85. The predicted molar refractivity (Wildman–Crippen MR) is 79.8 cm³/mol. The second-order valence-electron chi connectivity index (χ2n) is 4.97. The molecule has 1 aliphatic rings. The van der Waals surface area contributed by atoms with E-state index >= 15 is 0 Å². The molecule has 2 rings (SSSR count). The van der Waals surface area contributed by atoms with Crippen LogP contribution < -0.4 is 16.0 Å². The largest absolute Gasteiger partial charge is 0.370 e. The Morgan fingerprint density at radius 2 is 2.15 bits per heavy atom. The minimum absolute atomic E-state index is 0.0518. The van der Waals surface area contributed by atoms with Crippen molar-refractivity contribution in [2.24, 2.45) is 0 Å². The van der Waals surface area contributed by atoms with E-state index < -0.39 is 0 Å². The summed E-state index contributed by atoms with van der Waals surface area (Å²) in [6.45, 7) is 5.78. The van der Waals surface area contributed by atoms with Gasteiger partial charge in [-0.2, -0.15) is 0 Å². The van der Waals surface area contributed by atoms with Crippen molar-refractivity contribution < 1.29 is 4.79 Å². The molecule has 6 heteroatoms. The predicted octanol–water partition coefficient (Wildman–Crippen LogP) is 1.55. The summed E-state index contributed by atoms with van der Waals surface area (Å²) in [4.78, 5) is 20.7. The molecule has 0 aromatic carbocycles. The number of aryl methyl sites for hydroxylation is 1. The van der Waals surface area contributed by atoms with Crippen LogP contribution in [0.25, 0.3) is 0 Å². The number of amides is 1. The van der Waals surface area contributed by atoms with Crippen LogP contribution in [0.2, 0.25) is 0 Å². The van der Waals surface area contributed by atoms with Gasteiger partial charge in [-0.25, -0.2) is 9.97 Å². The normalized spacial score (nSPS) is 18.5. The van der Waals surface area contributed by atoms with E-state index in [2.05, 4.69) is 32.8 Å². The Balaban J connectivity index is 2.10. The van der Waals surface area contributed by atoms with Crippen molar-refractivity contribution in [2.75, 3.05) is 23.7 Å². The van der Waals surface area contributed by atoms with Gasteiger partial charge in [-0.15, -0.1) is 0 Å². The first-order valence-corrected chi connectivity index (χ1v) is 7.39. The van der Waals surface area contributed by atoms with Crippen LogP contribution in [0.5, 0.6) is 0 Å². The van der Waals surface area contributed by atoms with E-state index in [1.807, 2.05) is 13.0 Å². The lowest BCUT2D eigenvalue weighted by atomic mass is 10.1. The fourth-order valence-electron chi connectivity index (χ4n) is 2.16. The van der Waals surface area contributed by atoms with E-state index in [1.165, 1.54) is 0 Å². The molecule has 2 heterocycles. The highest BCUT2D eigenvalue weighted by Gasteiger charge is 2.22. The highest BCUT2D eigenvalue weighted by Crippen LogP contribution is 2.15. The van der Waals surface area contributed by atoms with E-state index in [1.54, 1.807) is 0 Å². The summed E-state index contributed by atoms with van der Waals surface area (Å²) in [5.41, 5.74) is 0. The smallest absolute Gasteiger partial charge is 0.242 e. The molecule has 0 radical (unpaired) electrons. The summed E-state index contributed by atoms with van der Waals surface area (Å²) in [6, 6.07) is 1.68. The number of piperidine rings is 1. The summed E-state index contributed by atoms with van der Waals surface area (Å²) in [5, 5.41) is 9.35. The fourth-order valence-corrected chi connectivity index (χ4v) is 2.16. The van der Waals surface area contributed by atoms with Gasteiger partial charge in [0.1, 0.15) is 23.5 Å². The number of anilines is 2. The summed E-state index contributed by atoms with van der Waals surface area (Å²) in [7, 11) is 0. The number of hydrogen-bond acceptors (Lipinski definition) is 5. The first-order valence-electron chi connectivity index (χ1n) is 7.39. The molecule has 0 spiro atoms. The second-order valence-corrected chi connectivity index (χ2v) is 4.97. The molecule has 3 N–H and O–H groups in total. The Labute approximate surface area is 119 Å². The highest BCUT2D eigenvalue weighted by atomic mass is 16.2. The second kappa shape index (κ2) is 7.07. The number of aromatic nitrogens is 2. The molecule has 1 aromatic rings. The topological polar surface area (TPSA) is 78.9 Å². The van der Waals surface area contributed by atoms with Crippen LogP contribution >= 0.6 is 0 Å². The molecule has 0 bridgehead atoms.